The molecule has 10 heteroatoms. The van der Waals surface area contributed by atoms with Gasteiger partial charge in [0.15, 0.2) is 15.8 Å². The Labute approximate surface area is 186 Å². The molecule has 0 aromatic heterocycles. The van der Waals surface area contributed by atoms with Gasteiger partial charge in [-0.15, -0.1) is 24.0 Å². The van der Waals surface area contributed by atoms with Gasteiger partial charge in [0.05, 0.1) is 12.3 Å². The van der Waals surface area contributed by atoms with Crippen molar-refractivity contribution in [3.8, 4) is 5.75 Å². The van der Waals surface area contributed by atoms with Crippen LogP contribution in [-0.4, -0.2) is 40.8 Å². The first-order chi connectivity index (χ1) is 13.3. The highest BCUT2D eigenvalue weighted by Crippen LogP contribution is 2.14. The van der Waals surface area contributed by atoms with Gasteiger partial charge in [0.2, 0.25) is 0 Å². The molecule has 0 unspecified atom stereocenters. The van der Waals surface area contributed by atoms with Crippen LogP contribution in [0, 0.1) is 11.6 Å². The Morgan fingerprint density at radius 3 is 2.45 bits per heavy atom. The minimum atomic E-state index is -3.24. The van der Waals surface area contributed by atoms with Gasteiger partial charge < -0.3 is 15.4 Å². The molecule has 2 N–H and O–H groups in total. The van der Waals surface area contributed by atoms with E-state index in [1.165, 1.54) is 30.3 Å². The standard InChI is InChI=1S/C19H23F2N3O3S.HI/c1-22-19(23-8-9-27-18-5-3-4-16(20)11-18)24-12-15-10-17(21)7-6-14(15)13-28(2,25)26;/h3-7,10-11H,8-9,12-13H2,1-2H3,(H2,22,23,24);1H. The molecule has 0 amide bonds. The first kappa shape index (κ1) is 25.1. The SMILES string of the molecule is CN=C(NCCOc1cccc(F)c1)NCc1cc(F)ccc1CS(C)(=O)=O.I. The van der Waals surface area contributed by atoms with Gasteiger partial charge in [-0.2, -0.15) is 0 Å². The molecule has 0 spiro atoms. The molecule has 2 aromatic carbocycles. The summed E-state index contributed by atoms with van der Waals surface area (Å²) in [5.74, 6) is -0.117. The maximum Gasteiger partial charge on any atom is 0.191 e. The Hall–Kier alpha value is -1.95. The highest BCUT2D eigenvalue weighted by molar-refractivity contribution is 14.0. The van der Waals surface area contributed by atoms with Gasteiger partial charge in [0.1, 0.15) is 24.0 Å². The third kappa shape index (κ3) is 9.39. The van der Waals surface area contributed by atoms with Gasteiger partial charge >= 0.3 is 0 Å². The van der Waals surface area contributed by atoms with Crippen molar-refractivity contribution < 1.29 is 21.9 Å². The van der Waals surface area contributed by atoms with E-state index in [9.17, 15) is 17.2 Å². The van der Waals surface area contributed by atoms with Crippen LogP contribution in [0.5, 0.6) is 5.75 Å². The number of nitrogens with zero attached hydrogens (tertiary/aromatic N) is 1. The summed E-state index contributed by atoms with van der Waals surface area (Å²) in [6.45, 7) is 0.881. The second kappa shape index (κ2) is 11.9. The zero-order valence-electron chi connectivity index (χ0n) is 16.1. The fourth-order valence-corrected chi connectivity index (χ4v) is 3.32. The molecule has 0 fully saturated rings. The number of halogens is 3. The summed E-state index contributed by atoms with van der Waals surface area (Å²) >= 11 is 0. The van der Waals surface area contributed by atoms with Crippen LogP contribution in [0.1, 0.15) is 11.1 Å². The van der Waals surface area contributed by atoms with Crippen LogP contribution in [0.2, 0.25) is 0 Å². The van der Waals surface area contributed by atoms with Crippen molar-refractivity contribution in [2.45, 2.75) is 12.3 Å². The van der Waals surface area contributed by atoms with Gasteiger partial charge in [-0.25, -0.2) is 17.2 Å². The molecule has 29 heavy (non-hydrogen) atoms. The maximum absolute atomic E-state index is 13.6. The highest BCUT2D eigenvalue weighted by atomic mass is 127. The number of ether oxygens (including phenoxy) is 1. The third-order valence-corrected chi connectivity index (χ3v) is 4.55. The van der Waals surface area contributed by atoms with E-state index in [0.29, 0.717) is 29.4 Å². The molecular formula is C19H24F2IN3O3S. The fourth-order valence-electron chi connectivity index (χ4n) is 2.48. The number of rotatable bonds is 8. The molecule has 6 nitrogen and oxygen atoms in total. The van der Waals surface area contributed by atoms with Crippen molar-refractivity contribution in [3.63, 3.8) is 0 Å². The predicted octanol–water partition coefficient (Wildman–Crippen LogP) is 2.87. The fraction of sp³-hybridized carbons (Fsp3) is 0.316. The largest absolute Gasteiger partial charge is 0.492 e. The number of hydrogen-bond donors (Lipinski definition) is 2. The number of aliphatic imine (C=N–C) groups is 1. The van der Waals surface area contributed by atoms with E-state index >= 15 is 0 Å². The van der Waals surface area contributed by atoms with E-state index in [1.807, 2.05) is 0 Å². The summed E-state index contributed by atoms with van der Waals surface area (Å²) in [5.41, 5.74) is 1.06. The topological polar surface area (TPSA) is 79.8 Å². The van der Waals surface area contributed by atoms with Crippen LogP contribution >= 0.6 is 24.0 Å². The Kier molecular flexibility index (Phi) is 10.3. The smallest absolute Gasteiger partial charge is 0.191 e. The number of hydrogen-bond acceptors (Lipinski definition) is 4. The zero-order chi connectivity index (χ0) is 20.6. The van der Waals surface area contributed by atoms with E-state index in [1.54, 1.807) is 19.2 Å². The van der Waals surface area contributed by atoms with Gasteiger partial charge in [-0.1, -0.05) is 12.1 Å². The quantitative estimate of drug-likeness (QED) is 0.234. The Morgan fingerprint density at radius 1 is 1.07 bits per heavy atom. The van der Waals surface area contributed by atoms with Crippen molar-refractivity contribution in [2.24, 2.45) is 4.99 Å². The van der Waals surface area contributed by atoms with Crippen LogP contribution in [0.15, 0.2) is 47.5 Å². The summed E-state index contributed by atoms with van der Waals surface area (Å²) in [7, 11) is -1.67. The Morgan fingerprint density at radius 2 is 1.79 bits per heavy atom. The van der Waals surface area contributed by atoms with Gasteiger partial charge in [0.25, 0.3) is 0 Å². The Balaban J connectivity index is 0.00000420. The lowest BCUT2D eigenvalue weighted by Crippen LogP contribution is -2.39. The molecular weight excluding hydrogens is 515 g/mol. The monoisotopic (exact) mass is 539 g/mol. The molecule has 0 heterocycles. The maximum atomic E-state index is 13.6. The van der Waals surface area contributed by atoms with E-state index in [2.05, 4.69) is 15.6 Å². The number of nitrogens with one attached hydrogen (secondary N) is 2. The molecule has 0 saturated heterocycles. The zero-order valence-corrected chi connectivity index (χ0v) is 19.3. The molecule has 160 valence electrons. The van der Waals surface area contributed by atoms with E-state index in [-0.39, 0.29) is 48.7 Å². The van der Waals surface area contributed by atoms with Gasteiger partial charge in [-0.3, -0.25) is 4.99 Å². The molecule has 0 atom stereocenters. The normalized spacial score (nSPS) is 11.5. The summed E-state index contributed by atoms with van der Waals surface area (Å²) in [6, 6.07) is 9.85. The first-order valence-corrected chi connectivity index (χ1v) is 10.6. The van der Waals surface area contributed by atoms with Crippen molar-refractivity contribution in [3.05, 3.63) is 65.2 Å². The first-order valence-electron chi connectivity index (χ1n) is 8.55. The van der Waals surface area contributed by atoms with E-state index < -0.39 is 15.7 Å². The molecule has 0 aliphatic rings. The average molecular weight is 539 g/mol. The molecule has 0 radical (unpaired) electrons. The molecule has 0 saturated carbocycles. The second-order valence-corrected chi connectivity index (χ2v) is 8.28. The summed E-state index contributed by atoms with van der Waals surface area (Å²) in [6.07, 6.45) is 1.13. The molecule has 0 bridgehead atoms. The van der Waals surface area contributed by atoms with Crippen LogP contribution in [0.25, 0.3) is 0 Å². The number of sulfone groups is 1. The third-order valence-electron chi connectivity index (χ3n) is 3.72. The minimum Gasteiger partial charge on any atom is -0.492 e. The van der Waals surface area contributed by atoms with Crippen molar-refractivity contribution in [2.75, 3.05) is 26.5 Å². The average Bonchev–Trinajstić information content (AvgIpc) is 2.62. The molecule has 0 aliphatic carbocycles. The van der Waals surface area contributed by atoms with Gasteiger partial charge in [0, 0.05) is 25.9 Å². The summed E-state index contributed by atoms with van der Waals surface area (Å²) < 4.78 is 55.2. The lowest BCUT2D eigenvalue weighted by Gasteiger charge is -2.14. The van der Waals surface area contributed by atoms with Crippen molar-refractivity contribution in [1.82, 2.24) is 10.6 Å². The minimum absolute atomic E-state index is 0. The number of benzene rings is 2. The lowest BCUT2D eigenvalue weighted by atomic mass is 10.1. The van der Waals surface area contributed by atoms with Crippen LogP contribution in [-0.2, 0) is 22.1 Å². The van der Waals surface area contributed by atoms with Crippen LogP contribution in [0.4, 0.5) is 8.78 Å². The summed E-state index contributed by atoms with van der Waals surface area (Å²) in [4.78, 5) is 4.06. The lowest BCUT2D eigenvalue weighted by molar-refractivity contribution is 0.320. The van der Waals surface area contributed by atoms with Crippen LogP contribution in [0.3, 0.4) is 0 Å². The summed E-state index contributed by atoms with van der Waals surface area (Å²) in [5, 5.41) is 6.02. The number of guanidine groups is 1. The van der Waals surface area contributed by atoms with E-state index in [4.69, 9.17) is 4.74 Å². The van der Waals surface area contributed by atoms with Crippen LogP contribution < -0.4 is 15.4 Å². The highest BCUT2D eigenvalue weighted by Gasteiger charge is 2.11. The predicted molar refractivity (Wildman–Crippen MR) is 120 cm³/mol. The molecule has 2 aromatic rings. The Bertz CT molecular complexity index is 940. The molecule has 0 aliphatic heterocycles. The second-order valence-electron chi connectivity index (χ2n) is 6.14. The van der Waals surface area contributed by atoms with Crippen molar-refractivity contribution in [1.29, 1.82) is 0 Å². The van der Waals surface area contributed by atoms with Gasteiger partial charge in [-0.05, 0) is 35.4 Å². The van der Waals surface area contributed by atoms with E-state index in [0.717, 1.165) is 6.26 Å². The van der Waals surface area contributed by atoms with Crippen molar-refractivity contribution >= 4 is 39.8 Å². The molecule has 2 rings (SSSR count).